The van der Waals surface area contributed by atoms with Crippen LogP contribution in [0.3, 0.4) is 0 Å². The first-order valence-corrected chi connectivity index (χ1v) is 8.51. The molecule has 0 unspecified atom stereocenters. The molecule has 1 amide bonds. The van der Waals surface area contributed by atoms with E-state index in [-0.39, 0.29) is 5.91 Å². The second-order valence-corrected chi connectivity index (χ2v) is 6.14. The van der Waals surface area contributed by atoms with E-state index in [1.54, 1.807) is 24.9 Å². The Labute approximate surface area is 156 Å². The van der Waals surface area contributed by atoms with Gasteiger partial charge in [0.1, 0.15) is 11.6 Å². The smallest absolute Gasteiger partial charge is 0.255 e. The van der Waals surface area contributed by atoms with Crippen LogP contribution in [-0.4, -0.2) is 30.0 Å². The van der Waals surface area contributed by atoms with Crippen LogP contribution in [0.1, 0.15) is 21.7 Å². The van der Waals surface area contributed by atoms with Gasteiger partial charge in [0.15, 0.2) is 0 Å². The molecular weight excluding hydrogens is 340 g/mol. The number of aromatic nitrogens is 5. The van der Waals surface area contributed by atoms with Crippen LogP contribution in [0.2, 0.25) is 0 Å². The quantitative estimate of drug-likeness (QED) is 0.595. The Morgan fingerprint density at radius 2 is 1.89 bits per heavy atom. The second-order valence-electron chi connectivity index (χ2n) is 6.14. The van der Waals surface area contributed by atoms with Gasteiger partial charge in [-0.1, -0.05) is 12.1 Å². The predicted molar refractivity (Wildman–Crippen MR) is 102 cm³/mol. The number of amides is 1. The van der Waals surface area contributed by atoms with Crippen molar-refractivity contribution in [2.24, 2.45) is 0 Å². The first kappa shape index (κ1) is 16.7. The molecule has 3 heterocycles. The Balaban J connectivity index is 1.42. The highest BCUT2D eigenvalue weighted by Crippen LogP contribution is 2.13. The van der Waals surface area contributed by atoms with Gasteiger partial charge in [-0.15, -0.1) is 0 Å². The predicted octanol–water partition coefficient (Wildman–Crippen LogP) is 3.07. The molecule has 0 aliphatic rings. The van der Waals surface area contributed by atoms with Crippen LogP contribution in [0.15, 0.2) is 73.7 Å². The number of benzene rings is 1. The van der Waals surface area contributed by atoms with Gasteiger partial charge in [0.05, 0.1) is 18.2 Å². The maximum atomic E-state index is 12.4. The molecule has 4 rings (SSSR count). The lowest BCUT2D eigenvalue weighted by Crippen LogP contribution is -2.12. The van der Waals surface area contributed by atoms with E-state index in [0.717, 1.165) is 23.8 Å². The summed E-state index contributed by atoms with van der Waals surface area (Å²) in [6.45, 7) is 2.63. The average Bonchev–Trinajstić information content (AvgIpc) is 3.35. The van der Waals surface area contributed by atoms with E-state index in [1.807, 2.05) is 64.8 Å². The highest BCUT2D eigenvalue weighted by Gasteiger charge is 2.08. The minimum atomic E-state index is -0.169. The fourth-order valence-corrected chi connectivity index (χ4v) is 2.78. The van der Waals surface area contributed by atoms with Crippen molar-refractivity contribution in [3.8, 4) is 5.82 Å². The Bertz CT molecular complexity index is 1030. The molecule has 7 heteroatoms. The summed E-state index contributed by atoms with van der Waals surface area (Å²) in [5, 5.41) is 2.87. The topological polar surface area (TPSA) is 77.6 Å². The Hall–Kier alpha value is -3.74. The van der Waals surface area contributed by atoms with Crippen molar-refractivity contribution in [1.29, 1.82) is 0 Å². The van der Waals surface area contributed by atoms with E-state index >= 15 is 0 Å². The Morgan fingerprint density at radius 1 is 1.04 bits per heavy atom. The summed E-state index contributed by atoms with van der Waals surface area (Å²) in [7, 11) is 0. The van der Waals surface area contributed by atoms with Gasteiger partial charge in [-0.2, -0.15) is 0 Å². The molecule has 27 heavy (non-hydrogen) atoms. The minimum Gasteiger partial charge on any atom is -0.333 e. The number of nitrogens with zero attached hydrogens (tertiary/aromatic N) is 5. The van der Waals surface area contributed by atoms with Gasteiger partial charge < -0.3 is 9.88 Å². The molecule has 0 spiro atoms. The molecule has 0 saturated carbocycles. The molecule has 3 aromatic heterocycles. The number of hydrogen-bond acceptors (Lipinski definition) is 4. The van der Waals surface area contributed by atoms with Crippen molar-refractivity contribution < 1.29 is 4.79 Å². The maximum absolute atomic E-state index is 12.4. The summed E-state index contributed by atoms with van der Waals surface area (Å²) in [6.07, 6.45) is 10.6. The monoisotopic (exact) mass is 358 g/mol. The molecule has 0 radical (unpaired) electrons. The van der Waals surface area contributed by atoms with E-state index < -0.39 is 0 Å². The number of rotatable bonds is 5. The van der Waals surface area contributed by atoms with Gasteiger partial charge in [0.25, 0.3) is 5.91 Å². The molecule has 0 fully saturated rings. The van der Waals surface area contributed by atoms with E-state index in [1.165, 1.54) is 0 Å². The third-order valence-electron chi connectivity index (χ3n) is 4.22. The molecule has 0 aliphatic carbocycles. The van der Waals surface area contributed by atoms with Crippen molar-refractivity contribution >= 4 is 11.6 Å². The number of pyridine rings is 1. The van der Waals surface area contributed by atoms with Crippen molar-refractivity contribution in [2.45, 2.75) is 13.5 Å². The number of imidazole rings is 2. The van der Waals surface area contributed by atoms with E-state index in [2.05, 4.69) is 20.3 Å². The fraction of sp³-hybridized carbons (Fsp3) is 0.100. The largest absolute Gasteiger partial charge is 0.333 e. The van der Waals surface area contributed by atoms with Gasteiger partial charge in [-0.3, -0.25) is 9.36 Å². The van der Waals surface area contributed by atoms with Crippen LogP contribution in [0, 0.1) is 6.92 Å². The summed E-state index contributed by atoms with van der Waals surface area (Å²) < 4.78 is 3.86. The van der Waals surface area contributed by atoms with Gasteiger partial charge in [-0.25, -0.2) is 15.0 Å². The van der Waals surface area contributed by atoms with Gasteiger partial charge in [0.2, 0.25) is 0 Å². The molecule has 0 bridgehead atoms. The van der Waals surface area contributed by atoms with E-state index in [0.29, 0.717) is 11.3 Å². The lowest BCUT2D eigenvalue weighted by Gasteiger charge is -2.08. The van der Waals surface area contributed by atoms with Gasteiger partial charge >= 0.3 is 0 Å². The highest BCUT2D eigenvalue weighted by atomic mass is 16.1. The summed E-state index contributed by atoms with van der Waals surface area (Å²) in [5.74, 6) is 1.44. The molecule has 0 atom stereocenters. The summed E-state index contributed by atoms with van der Waals surface area (Å²) in [6, 6.07) is 11.2. The Morgan fingerprint density at radius 3 is 2.52 bits per heavy atom. The lowest BCUT2D eigenvalue weighted by molar-refractivity contribution is 0.102. The first-order chi connectivity index (χ1) is 13.2. The number of anilines is 1. The lowest BCUT2D eigenvalue weighted by atomic mass is 10.1. The molecule has 4 aromatic rings. The van der Waals surface area contributed by atoms with Gasteiger partial charge in [-0.05, 0) is 36.8 Å². The van der Waals surface area contributed by atoms with Gasteiger partial charge in [0, 0.05) is 36.9 Å². The van der Waals surface area contributed by atoms with E-state index in [4.69, 9.17) is 0 Å². The molecule has 0 saturated heterocycles. The molecule has 134 valence electrons. The standard InChI is InChI=1S/C20H18N6O/c1-15-22-9-11-26(15)19-7-6-18(12-23-19)24-20(27)17-4-2-16(3-5-17)13-25-10-8-21-14-25/h2-12,14H,13H2,1H3,(H,24,27). The first-order valence-electron chi connectivity index (χ1n) is 8.51. The second kappa shape index (κ2) is 7.25. The Kier molecular flexibility index (Phi) is 4.49. The summed E-state index contributed by atoms with van der Waals surface area (Å²) >= 11 is 0. The van der Waals surface area contributed by atoms with Crippen LogP contribution in [0.4, 0.5) is 5.69 Å². The van der Waals surface area contributed by atoms with Crippen LogP contribution < -0.4 is 5.32 Å². The number of carbonyl (C=O) groups is 1. The normalized spacial score (nSPS) is 10.7. The van der Waals surface area contributed by atoms with Crippen molar-refractivity contribution in [3.05, 3.63) is 90.7 Å². The molecule has 7 nitrogen and oxygen atoms in total. The third kappa shape index (κ3) is 3.77. The maximum Gasteiger partial charge on any atom is 0.255 e. The summed E-state index contributed by atoms with van der Waals surface area (Å²) in [4.78, 5) is 25.0. The number of nitrogens with one attached hydrogen (secondary N) is 1. The number of carbonyl (C=O) groups excluding carboxylic acids is 1. The average molecular weight is 358 g/mol. The van der Waals surface area contributed by atoms with Crippen molar-refractivity contribution in [2.75, 3.05) is 5.32 Å². The third-order valence-corrected chi connectivity index (χ3v) is 4.22. The van der Waals surface area contributed by atoms with Crippen LogP contribution in [-0.2, 0) is 6.54 Å². The van der Waals surface area contributed by atoms with Crippen LogP contribution >= 0.6 is 0 Å². The SMILES string of the molecule is Cc1nccn1-c1ccc(NC(=O)c2ccc(Cn3ccnc3)cc2)cn1. The van der Waals surface area contributed by atoms with Crippen molar-refractivity contribution in [3.63, 3.8) is 0 Å². The molecule has 1 aromatic carbocycles. The molecule has 1 N–H and O–H groups in total. The fourth-order valence-electron chi connectivity index (χ4n) is 2.78. The zero-order chi connectivity index (χ0) is 18.6. The summed E-state index contributed by atoms with van der Waals surface area (Å²) in [5.41, 5.74) is 2.34. The van der Waals surface area contributed by atoms with E-state index in [9.17, 15) is 4.79 Å². The molecular formula is C20H18N6O. The molecule has 0 aliphatic heterocycles. The van der Waals surface area contributed by atoms with Crippen molar-refractivity contribution in [1.82, 2.24) is 24.1 Å². The zero-order valence-corrected chi connectivity index (χ0v) is 14.8. The number of hydrogen-bond donors (Lipinski definition) is 1. The zero-order valence-electron chi connectivity index (χ0n) is 14.8. The number of aryl methyl sites for hydroxylation is 1. The minimum absolute atomic E-state index is 0.169. The van der Waals surface area contributed by atoms with Crippen LogP contribution in [0.25, 0.3) is 5.82 Å². The highest BCUT2D eigenvalue weighted by molar-refractivity contribution is 6.04. The van der Waals surface area contributed by atoms with Crippen LogP contribution in [0.5, 0.6) is 0 Å².